The number of aromatic nitrogens is 2. The van der Waals surface area contributed by atoms with E-state index in [0.717, 1.165) is 6.07 Å². The summed E-state index contributed by atoms with van der Waals surface area (Å²) in [4.78, 5) is 32.4. The molecule has 2 rings (SSSR count). The number of hydrogen-bond acceptors (Lipinski definition) is 5. The molecule has 1 heterocycles. The molecule has 0 saturated heterocycles. The fourth-order valence-corrected chi connectivity index (χ4v) is 1.82. The molecule has 9 heteroatoms. The minimum atomic E-state index is -1.30. The summed E-state index contributed by atoms with van der Waals surface area (Å²) in [6.45, 7) is 1.46. The van der Waals surface area contributed by atoms with E-state index in [0.29, 0.717) is 0 Å². The summed E-state index contributed by atoms with van der Waals surface area (Å²) in [5, 5.41) is 23.9. The molecule has 21 heavy (non-hydrogen) atoms. The number of carboxylic acid groups (broad SMARTS) is 1. The topological polar surface area (TPSA) is 141 Å². The van der Waals surface area contributed by atoms with Gasteiger partial charge in [-0.15, -0.1) is 0 Å². The lowest BCUT2D eigenvalue weighted by Crippen LogP contribution is -2.13. The van der Waals surface area contributed by atoms with Crippen molar-refractivity contribution in [2.75, 3.05) is 0 Å². The molecule has 0 unspecified atom stereocenters. The lowest BCUT2D eigenvalue weighted by Gasteiger charge is -2.08. The van der Waals surface area contributed by atoms with E-state index < -0.39 is 16.8 Å². The van der Waals surface area contributed by atoms with Crippen molar-refractivity contribution in [2.45, 2.75) is 6.92 Å². The largest absolute Gasteiger partial charge is 0.478 e. The highest BCUT2D eigenvalue weighted by Crippen LogP contribution is 2.26. The maximum Gasteiger partial charge on any atom is 0.336 e. The van der Waals surface area contributed by atoms with Gasteiger partial charge in [-0.1, -0.05) is 0 Å². The number of hydrogen-bond donors (Lipinski definition) is 2. The first-order valence-electron chi connectivity index (χ1n) is 5.69. The fraction of sp³-hybridized carbons (Fsp3) is 0.0833. The summed E-state index contributed by atoms with van der Waals surface area (Å²) in [6, 6.07) is 3.54. The van der Waals surface area contributed by atoms with E-state index in [4.69, 9.17) is 10.8 Å². The second kappa shape index (κ2) is 5.04. The second-order valence-corrected chi connectivity index (χ2v) is 4.21. The number of carboxylic acids is 1. The number of rotatable bonds is 4. The maximum absolute atomic E-state index is 11.1. The number of amides is 1. The monoisotopic (exact) mass is 290 g/mol. The SMILES string of the molecule is Cc1c(-n2ccc(C(N)=O)n2)cc(C(=O)O)cc1[N+](=O)[O-]. The summed E-state index contributed by atoms with van der Waals surface area (Å²) in [7, 11) is 0. The third kappa shape index (κ3) is 2.56. The number of benzene rings is 1. The fourth-order valence-electron chi connectivity index (χ4n) is 1.82. The van der Waals surface area contributed by atoms with Crippen molar-refractivity contribution in [1.29, 1.82) is 0 Å². The number of nitrogens with two attached hydrogens (primary N) is 1. The van der Waals surface area contributed by atoms with Gasteiger partial charge >= 0.3 is 5.97 Å². The number of nitro benzene ring substituents is 1. The van der Waals surface area contributed by atoms with Crippen molar-refractivity contribution in [3.05, 3.63) is 51.3 Å². The van der Waals surface area contributed by atoms with Gasteiger partial charge in [0.1, 0.15) is 5.69 Å². The van der Waals surface area contributed by atoms with E-state index in [-0.39, 0.29) is 28.2 Å². The van der Waals surface area contributed by atoms with E-state index in [9.17, 15) is 19.7 Å². The van der Waals surface area contributed by atoms with E-state index in [1.807, 2.05) is 0 Å². The minimum absolute atomic E-state index is 0.0298. The van der Waals surface area contributed by atoms with Gasteiger partial charge in [-0.3, -0.25) is 14.9 Å². The zero-order valence-electron chi connectivity index (χ0n) is 10.8. The molecule has 1 aromatic heterocycles. The Morgan fingerprint density at radius 1 is 1.43 bits per heavy atom. The van der Waals surface area contributed by atoms with Crippen LogP contribution in [0.5, 0.6) is 0 Å². The first kappa shape index (κ1) is 14.2. The Hall–Kier alpha value is -3.23. The van der Waals surface area contributed by atoms with Gasteiger partial charge in [0.25, 0.3) is 11.6 Å². The third-order valence-corrected chi connectivity index (χ3v) is 2.88. The van der Waals surface area contributed by atoms with Gasteiger partial charge in [0, 0.05) is 12.3 Å². The van der Waals surface area contributed by atoms with Crippen LogP contribution in [0.4, 0.5) is 5.69 Å². The predicted molar refractivity (Wildman–Crippen MR) is 70.4 cm³/mol. The predicted octanol–water partition coefficient (Wildman–Crippen LogP) is 0.886. The van der Waals surface area contributed by atoms with Crippen LogP contribution < -0.4 is 5.73 Å². The molecule has 0 bridgehead atoms. The number of carbonyl (C=O) groups excluding carboxylic acids is 1. The average molecular weight is 290 g/mol. The number of carbonyl (C=O) groups is 2. The molecule has 108 valence electrons. The molecule has 3 N–H and O–H groups in total. The van der Waals surface area contributed by atoms with Crippen LogP contribution in [0.2, 0.25) is 0 Å². The number of primary amides is 1. The Morgan fingerprint density at radius 3 is 2.57 bits per heavy atom. The Labute approximate surface area is 117 Å². The lowest BCUT2D eigenvalue weighted by atomic mass is 10.1. The maximum atomic E-state index is 11.1. The number of nitro groups is 1. The van der Waals surface area contributed by atoms with Crippen LogP contribution in [0.25, 0.3) is 5.69 Å². The zero-order valence-corrected chi connectivity index (χ0v) is 10.8. The van der Waals surface area contributed by atoms with E-state index >= 15 is 0 Å². The molecule has 2 aromatic rings. The van der Waals surface area contributed by atoms with Crippen molar-refractivity contribution in [3.63, 3.8) is 0 Å². The van der Waals surface area contributed by atoms with Crippen molar-refractivity contribution >= 4 is 17.6 Å². The molecule has 0 fully saturated rings. The van der Waals surface area contributed by atoms with Gasteiger partial charge < -0.3 is 10.8 Å². The minimum Gasteiger partial charge on any atom is -0.478 e. The van der Waals surface area contributed by atoms with Crippen LogP contribution >= 0.6 is 0 Å². The van der Waals surface area contributed by atoms with Gasteiger partial charge in [0.15, 0.2) is 0 Å². The smallest absolute Gasteiger partial charge is 0.336 e. The van der Waals surface area contributed by atoms with Gasteiger partial charge in [-0.25, -0.2) is 9.48 Å². The highest BCUT2D eigenvalue weighted by Gasteiger charge is 2.20. The molecular formula is C12H10N4O5. The standard InChI is InChI=1S/C12H10N4O5/c1-6-9(15-3-2-8(14-15)11(13)17)4-7(12(18)19)5-10(6)16(20)21/h2-5H,1H3,(H2,13,17)(H,18,19). The van der Waals surface area contributed by atoms with Crippen LogP contribution in [0.3, 0.4) is 0 Å². The highest BCUT2D eigenvalue weighted by molar-refractivity contribution is 5.91. The molecule has 1 aromatic carbocycles. The molecular weight excluding hydrogens is 280 g/mol. The molecule has 1 amide bonds. The summed E-state index contributed by atoms with van der Waals surface area (Å²) < 4.78 is 1.18. The molecule has 0 spiro atoms. The van der Waals surface area contributed by atoms with Gasteiger partial charge in [-0.2, -0.15) is 5.10 Å². The quantitative estimate of drug-likeness (QED) is 0.632. The van der Waals surface area contributed by atoms with Crippen LogP contribution in [-0.4, -0.2) is 31.7 Å². The Morgan fingerprint density at radius 2 is 2.10 bits per heavy atom. The van der Waals surface area contributed by atoms with Crippen LogP contribution in [0.1, 0.15) is 26.4 Å². The number of aromatic carboxylic acids is 1. The lowest BCUT2D eigenvalue weighted by molar-refractivity contribution is -0.385. The second-order valence-electron chi connectivity index (χ2n) is 4.21. The summed E-state index contributed by atoms with van der Waals surface area (Å²) in [5.41, 5.74) is 4.87. The molecule has 0 aliphatic carbocycles. The first-order chi connectivity index (χ1) is 9.81. The Balaban J connectivity index is 2.68. The van der Waals surface area contributed by atoms with Crippen LogP contribution in [0.15, 0.2) is 24.4 Å². The van der Waals surface area contributed by atoms with Gasteiger partial charge in [-0.05, 0) is 19.1 Å². The Kier molecular flexibility index (Phi) is 3.40. The summed E-state index contributed by atoms with van der Waals surface area (Å²) in [6.07, 6.45) is 1.37. The van der Waals surface area contributed by atoms with E-state index in [1.165, 1.54) is 29.9 Å². The van der Waals surface area contributed by atoms with Crippen LogP contribution in [-0.2, 0) is 0 Å². The van der Waals surface area contributed by atoms with Gasteiger partial charge in [0.05, 0.1) is 21.7 Å². The van der Waals surface area contributed by atoms with Crippen LogP contribution in [0, 0.1) is 17.0 Å². The molecule has 0 radical (unpaired) electrons. The van der Waals surface area contributed by atoms with Gasteiger partial charge in [0.2, 0.25) is 0 Å². The third-order valence-electron chi connectivity index (χ3n) is 2.88. The molecule has 0 aliphatic rings. The molecule has 0 saturated carbocycles. The van der Waals surface area contributed by atoms with Crippen molar-refractivity contribution in [1.82, 2.24) is 9.78 Å². The Bertz CT molecular complexity index is 765. The number of nitrogens with zero attached hydrogens (tertiary/aromatic N) is 3. The highest BCUT2D eigenvalue weighted by atomic mass is 16.6. The average Bonchev–Trinajstić information content (AvgIpc) is 2.87. The van der Waals surface area contributed by atoms with Crippen molar-refractivity contribution in [2.24, 2.45) is 5.73 Å². The molecule has 9 nitrogen and oxygen atoms in total. The summed E-state index contributed by atoms with van der Waals surface area (Å²) >= 11 is 0. The van der Waals surface area contributed by atoms with E-state index in [1.54, 1.807) is 0 Å². The summed E-state index contributed by atoms with van der Waals surface area (Å²) in [5.74, 6) is -2.06. The molecule has 0 atom stereocenters. The normalized spacial score (nSPS) is 10.3. The first-order valence-corrected chi connectivity index (χ1v) is 5.69. The van der Waals surface area contributed by atoms with E-state index in [2.05, 4.69) is 5.10 Å². The molecule has 0 aliphatic heterocycles. The van der Waals surface area contributed by atoms with Crippen molar-refractivity contribution in [3.8, 4) is 5.69 Å². The zero-order chi connectivity index (χ0) is 15.7. The van der Waals surface area contributed by atoms with Crippen molar-refractivity contribution < 1.29 is 19.6 Å².